The molecule has 0 aliphatic carbocycles. The minimum atomic E-state index is -3.67. The normalized spacial score (nSPS) is 15.7. The minimum absolute atomic E-state index is 0.105. The molecule has 27 heavy (non-hydrogen) atoms. The Bertz CT molecular complexity index is 917. The van der Waals surface area contributed by atoms with Gasteiger partial charge < -0.3 is 14.2 Å². The van der Waals surface area contributed by atoms with E-state index in [0.717, 1.165) is 5.69 Å². The Morgan fingerprint density at radius 1 is 1.15 bits per heavy atom. The molecule has 1 fully saturated rings. The predicted molar refractivity (Wildman–Crippen MR) is 104 cm³/mol. The van der Waals surface area contributed by atoms with Crippen LogP contribution in [0.5, 0.6) is 0 Å². The van der Waals surface area contributed by atoms with E-state index in [2.05, 4.69) is 4.90 Å². The summed E-state index contributed by atoms with van der Waals surface area (Å²) in [6.07, 6.45) is 1.45. The highest BCUT2D eigenvalue weighted by molar-refractivity contribution is 7.89. The van der Waals surface area contributed by atoms with Crippen molar-refractivity contribution in [3.05, 3.63) is 47.2 Å². The number of piperazine rings is 1. The fraction of sp³-hybridized carbons (Fsp3) is 0.389. The number of carbonyl (C=O) groups is 1. The molecule has 1 aliphatic rings. The summed E-state index contributed by atoms with van der Waals surface area (Å²) in [5.41, 5.74) is 1.23. The number of carbonyl (C=O) groups excluding carboxylic acids is 1. The minimum Gasteiger partial charge on any atom is -0.461 e. The van der Waals surface area contributed by atoms with Crippen LogP contribution in [0.2, 0.25) is 5.02 Å². The molecule has 2 heterocycles. The maximum Gasteiger partial charge on any atom is 0.354 e. The highest BCUT2D eigenvalue weighted by Crippen LogP contribution is 2.23. The quantitative estimate of drug-likeness (QED) is 0.706. The molecule has 3 rings (SSSR count). The van der Waals surface area contributed by atoms with Crippen molar-refractivity contribution < 1.29 is 17.9 Å². The van der Waals surface area contributed by atoms with Gasteiger partial charge in [-0.3, -0.25) is 0 Å². The second-order valence-electron chi connectivity index (χ2n) is 6.26. The Morgan fingerprint density at radius 3 is 2.37 bits per heavy atom. The summed E-state index contributed by atoms with van der Waals surface area (Å²) in [6, 6.07) is 8.87. The number of nitrogens with zero attached hydrogens (tertiary/aromatic N) is 3. The molecule has 9 heteroatoms. The van der Waals surface area contributed by atoms with Crippen LogP contribution in [0.3, 0.4) is 0 Å². The number of anilines is 1. The topological polar surface area (TPSA) is 71.8 Å². The van der Waals surface area contributed by atoms with Crippen LogP contribution in [0.1, 0.15) is 17.4 Å². The van der Waals surface area contributed by atoms with Crippen molar-refractivity contribution in [3.8, 4) is 0 Å². The monoisotopic (exact) mass is 411 g/mol. The molecule has 0 bridgehead atoms. The number of hydrogen-bond acceptors (Lipinski definition) is 5. The molecular formula is C18H22ClN3O4S. The maximum absolute atomic E-state index is 12.9. The number of sulfonamides is 1. The first-order valence-electron chi connectivity index (χ1n) is 8.67. The molecule has 1 saturated heterocycles. The van der Waals surface area contributed by atoms with Crippen LogP contribution in [-0.4, -0.2) is 56.0 Å². The van der Waals surface area contributed by atoms with Crippen molar-refractivity contribution in [1.82, 2.24) is 8.87 Å². The first-order valence-corrected chi connectivity index (χ1v) is 10.5. The third-order valence-electron chi connectivity index (χ3n) is 4.53. The van der Waals surface area contributed by atoms with Crippen molar-refractivity contribution in [1.29, 1.82) is 0 Å². The number of halogens is 1. The lowest BCUT2D eigenvalue weighted by atomic mass is 10.2. The Balaban J connectivity index is 1.72. The second-order valence-corrected chi connectivity index (χ2v) is 8.63. The largest absolute Gasteiger partial charge is 0.461 e. The van der Waals surface area contributed by atoms with E-state index in [-0.39, 0.29) is 17.2 Å². The van der Waals surface area contributed by atoms with Gasteiger partial charge in [-0.1, -0.05) is 11.6 Å². The smallest absolute Gasteiger partial charge is 0.354 e. The van der Waals surface area contributed by atoms with E-state index in [0.29, 0.717) is 31.2 Å². The van der Waals surface area contributed by atoms with Gasteiger partial charge in [0.15, 0.2) is 0 Å². The second kappa shape index (κ2) is 7.92. The van der Waals surface area contributed by atoms with Crippen molar-refractivity contribution >= 4 is 33.3 Å². The molecule has 0 spiro atoms. The molecule has 2 aromatic rings. The van der Waals surface area contributed by atoms with Crippen LogP contribution in [0.25, 0.3) is 0 Å². The number of benzene rings is 1. The molecule has 0 saturated carbocycles. The standard InChI is InChI=1S/C18H22ClN3O4S/c1-3-26-18(23)17-12-16(13-20(17)2)27(24,25)22-10-8-21(9-11-22)15-6-4-14(19)5-7-15/h4-7,12-13H,3,8-11H2,1-2H3. The number of rotatable bonds is 5. The van der Waals surface area contributed by atoms with Crippen LogP contribution in [0.15, 0.2) is 41.4 Å². The van der Waals surface area contributed by atoms with E-state index in [4.69, 9.17) is 16.3 Å². The van der Waals surface area contributed by atoms with Gasteiger partial charge in [0.2, 0.25) is 10.0 Å². The summed E-state index contributed by atoms with van der Waals surface area (Å²) in [6.45, 7) is 3.84. The Kier molecular flexibility index (Phi) is 5.78. The van der Waals surface area contributed by atoms with Gasteiger partial charge >= 0.3 is 5.97 Å². The zero-order valence-corrected chi connectivity index (χ0v) is 16.8. The zero-order chi connectivity index (χ0) is 19.6. The Hall–Kier alpha value is -2.03. The van der Waals surface area contributed by atoms with Crippen molar-refractivity contribution in [2.24, 2.45) is 7.05 Å². The molecule has 1 aromatic heterocycles. The first-order chi connectivity index (χ1) is 12.8. The van der Waals surface area contributed by atoms with Gasteiger partial charge in [-0.25, -0.2) is 13.2 Å². The van der Waals surface area contributed by atoms with Crippen LogP contribution in [-0.2, 0) is 21.8 Å². The molecule has 7 nitrogen and oxygen atoms in total. The molecule has 0 N–H and O–H groups in total. The Labute approximate surface area is 164 Å². The number of ether oxygens (including phenoxy) is 1. The van der Waals surface area contributed by atoms with Gasteiger partial charge in [-0.05, 0) is 37.3 Å². The van der Waals surface area contributed by atoms with Gasteiger partial charge in [0.25, 0.3) is 0 Å². The van der Waals surface area contributed by atoms with Crippen LogP contribution >= 0.6 is 11.6 Å². The number of esters is 1. The average Bonchev–Trinajstić information content (AvgIpc) is 3.05. The van der Waals surface area contributed by atoms with E-state index in [1.165, 1.54) is 21.1 Å². The average molecular weight is 412 g/mol. The third kappa shape index (κ3) is 4.12. The summed E-state index contributed by atoms with van der Waals surface area (Å²) in [5, 5.41) is 0.668. The Morgan fingerprint density at radius 2 is 1.78 bits per heavy atom. The van der Waals surface area contributed by atoms with Crippen molar-refractivity contribution in [2.75, 3.05) is 37.7 Å². The molecule has 1 aliphatic heterocycles. The van der Waals surface area contributed by atoms with Gasteiger partial charge in [-0.2, -0.15) is 4.31 Å². The summed E-state index contributed by atoms with van der Waals surface area (Å²) >= 11 is 5.92. The maximum atomic E-state index is 12.9. The van der Waals surface area contributed by atoms with E-state index in [9.17, 15) is 13.2 Å². The van der Waals surface area contributed by atoms with Crippen molar-refractivity contribution in [3.63, 3.8) is 0 Å². The summed E-state index contributed by atoms with van der Waals surface area (Å²) in [7, 11) is -2.04. The number of aromatic nitrogens is 1. The van der Waals surface area contributed by atoms with E-state index in [1.807, 2.05) is 24.3 Å². The van der Waals surface area contributed by atoms with E-state index >= 15 is 0 Å². The third-order valence-corrected chi connectivity index (χ3v) is 6.65. The lowest BCUT2D eigenvalue weighted by Gasteiger charge is -2.35. The van der Waals surface area contributed by atoms with E-state index in [1.54, 1.807) is 14.0 Å². The SMILES string of the molecule is CCOC(=O)c1cc(S(=O)(=O)N2CCN(c3ccc(Cl)cc3)CC2)cn1C. The van der Waals surface area contributed by atoms with Gasteiger partial charge in [0.1, 0.15) is 10.6 Å². The van der Waals surface area contributed by atoms with Gasteiger partial charge in [0, 0.05) is 50.1 Å². The molecule has 0 radical (unpaired) electrons. The fourth-order valence-corrected chi connectivity index (χ4v) is 4.69. The molecule has 0 atom stereocenters. The van der Waals surface area contributed by atoms with Gasteiger partial charge in [-0.15, -0.1) is 0 Å². The lowest BCUT2D eigenvalue weighted by Crippen LogP contribution is -2.48. The van der Waals surface area contributed by atoms with Gasteiger partial charge in [0.05, 0.1) is 6.61 Å². The number of hydrogen-bond donors (Lipinski definition) is 0. The predicted octanol–water partition coefficient (Wildman–Crippen LogP) is 2.37. The molecule has 0 unspecified atom stereocenters. The highest BCUT2D eigenvalue weighted by Gasteiger charge is 2.30. The first kappa shape index (κ1) is 19.7. The molecule has 146 valence electrons. The molecular weight excluding hydrogens is 390 g/mol. The van der Waals surface area contributed by atoms with E-state index < -0.39 is 16.0 Å². The van der Waals surface area contributed by atoms with Crippen LogP contribution < -0.4 is 4.90 Å². The summed E-state index contributed by atoms with van der Waals surface area (Å²) in [5.74, 6) is -0.533. The van der Waals surface area contributed by atoms with Crippen molar-refractivity contribution in [2.45, 2.75) is 11.8 Å². The summed E-state index contributed by atoms with van der Waals surface area (Å²) < 4.78 is 33.8. The molecule has 1 aromatic carbocycles. The zero-order valence-electron chi connectivity index (χ0n) is 15.3. The summed E-state index contributed by atoms with van der Waals surface area (Å²) in [4.78, 5) is 14.2. The van der Waals surface area contributed by atoms with Crippen LogP contribution in [0.4, 0.5) is 5.69 Å². The number of aryl methyl sites for hydroxylation is 1. The highest BCUT2D eigenvalue weighted by atomic mass is 35.5. The molecule has 0 amide bonds. The van der Waals surface area contributed by atoms with Crippen LogP contribution in [0, 0.1) is 0 Å². The fourth-order valence-electron chi connectivity index (χ4n) is 3.07. The lowest BCUT2D eigenvalue weighted by molar-refractivity contribution is 0.0515.